The van der Waals surface area contributed by atoms with Crippen molar-refractivity contribution in [1.29, 1.82) is 0 Å². The molecule has 0 saturated carbocycles. The molecule has 2 aromatic heterocycles. The molecule has 30 heavy (non-hydrogen) atoms. The average molecular weight is 403 g/mol. The van der Waals surface area contributed by atoms with E-state index in [0.717, 1.165) is 22.9 Å². The van der Waals surface area contributed by atoms with Crippen LogP contribution in [0.25, 0.3) is 0 Å². The standard InChI is InChI=1S/C22H25N7O/c1-15-4-6-18(7-5-15)26-20-12-16(2)25-22(27-20)29-10-8-28(9-11-29)21(30)19-14-23-17(3)13-24-19/h4-7,12-14H,8-11H2,1-3H3,(H,25,26,27). The molecule has 4 rings (SSSR count). The Kier molecular flexibility index (Phi) is 5.56. The van der Waals surface area contributed by atoms with Crippen LogP contribution in [0, 0.1) is 20.8 Å². The lowest BCUT2D eigenvalue weighted by atomic mass is 10.2. The Labute approximate surface area is 176 Å². The Bertz CT molecular complexity index is 1030. The monoisotopic (exact) mass is 403 g/mol. The molecule has 1 amide bonds. The summed E-state index contributed by atoms with van der Waals surface area (Å²) in [6.45, 7) is 8.38. The van der Waals surface area contributed by atoms with Gasteiger partial charge in [0.2, 0.25) is 5.95 Å². The number of hydrogen-bond acceptors (Lipinski definition) is 7. The summed E-state index contributed by atoms with van der Waals surface area (Å²) in [5.74, 6) is 1.34. The van der Waals surface area contributed by atoms with E-state index in [1.54, 1.807) is 11.1 Å². The third-order valence-electron chi connectivity index (χ3n) is 5.02. The highest BCUT2D eigenvalue weighted by Crippen LogP contribution is 2.20. The lowest BCUT2D eigenvalue weighted by Crippen LogP contribution is -2.49. The molecule has 0 atom stereocenters. The maximum atomic E-state index is 12.7. The molecule has 0 spiro atoms. The fourth-order valence-corrected chi connectivity index (χ4v) is 3.32. The van der Waals surface area contributed by atoms with Gasteiger partial charge < -0.3 is 15.1 Å². The van der Waals surface area contributed by atoms with Crippen LogP contribution in [-0.4, -0.2) is 56.9 Å². The lowest BCUT2D eigenvalue weighted by molar-refractivity contribution is 0.0739. The molecule has 3 aromatic rings. The number of carbonyl (C=O) groups excluding carboxylic acids is 1. The van der Waals surface area contributed by atoms with Crippen molar-refractivity contribution < 1.29 is 4.79 Å². The maximum absolute atomic E-state index is 12.7. The van der Waals surface area contributed by atoms with E-state index in [1.165, 1.54) is 11.8 Å². The molecular weight excluding hydrogens is 378 g/mol. The Balaban J connectivity index is 1.42. The first-order valence-electron chi connectivity index (χ1n) is 10.0. The largest absolute Gasteiger partial charge is 0.340 e. The molecule has 1 aliphatic heterocycles. The molecule has 0 aliphatic carbocycles. The smallest absolute Gasteiger partial charge is 0.274 e. The number of aryl methyl sites for hydroxylation is 3. The fourth-order valence-electron chi connectivity index (χ4n) is 3.32. The summed E-state index contributed by atoms with van der Waals surface area (Å²) >= 11 is 0. The van der Waals surface area contributed by atoms with Crippen molar-refractivity contribution >= 4 is 23.4 Å². The number of aromatic nitrogens is 4. The highest BCUT2D eigenvalue weighted by molar-refractivity contribution is 5.92. The Morgan fingerprint density at radius 1 is 0.900 bits per heavy atom. The number of nitrogens with zero attached hydrogens (tertiary/aromatic N) is 6. The minimum Gasteiger partial charge on any atom is -0.340 e. The number of rotatable bonds is 4. The molecule has 1 aromatic carbocycles. The van der Waals surface area contributed by atoms with Crippen LogP contribution in [0.1, 0.15) is 27.4 Å². The van der Waals surface area contributed by atoms with Crippen LogP contribution < -0.4 is 10.2 Å². The lowest BCUT2D eigenvalue weighted by Gasteiger charge is -2.34. The summed E-state index contributed by atoms with van der Waals surface area (Å²) in [7, 11) is 0. The van der Waals surface area contributed by atoms with E-state index in [4.69, 9.17) is 4.98 Å². The molecule has 1 aliphatic rings. The van der Waals surface area contributed by atoms with Crippen molar-refractivity contribution in [3.8, 4) is 0 Å². The maximum Gasteiger partial charge on any atom is 0.274 e. The molecule has 1 fully saturated rings. The second kappa shape index (κ2) is 8.44. The van der Waals surface area contributed by atoms with E-state index in [-0.39, 0.29) is 5.91 Å². The zero-order chi connectivity index (χ0) is 21.1. The molecule has 1 N–H and O–H groups in total. The first-order valence-corrected chi connectivity index (χ1v) is 10.0. The predicted octanol–water partition coefficient (Wildman–Crippen LogP) is 2.90. The third kappa shape index (κ3) is 4.53. The average Bonchev–Trinajstić information content (AvgIpc) is 2.75. The molecule has 154 valence electrons. The number of benzene rings is 1. The summed E-state index contributed by atoms with van der Waals surface area (Å²) in [5.41, 5.74) is 4.26. The van der Waals surface area contributed by atoms with E-state index >= 15 is 0 Å². The van der Waals surface area contributed by atoms with Crippen LogP contribution in [0.15, 0.2) is 42.7 Å². The number of carbonyl (C=O) groups is 1. The Morgan fingerprint density at radius 3 is 2.30 bits per heavy atom. The van der Waals surface area contributed by atoms with Gasteiger partial charge in [0.25, 0.3) is 5.91 Å². The second-order valence-corrected chi connectivity index (χ2v) is 7.51. The van der Waals surface area contributed by atoms with E-state index in [1.807, 2.05) is 32.0 Å². The van der Waals surface area contributed by atoms with Crippen molar-refractivity contribution in [2.24, 2.45) is 0 Å². The molecule has 0 radical (unpaired) electrons. The summed E-state index contributed by atoms with van der Waals surface area (Å²) in [6, 6.07) is 10.1. The number of piperazine rings is 1. The molecule has 0 bridgehead atoms. The van der Waals surface area contributed by atoms with E-state index in [9.17, 15) is 4.79 Å². The Morgan fingerprint density at radius 2 is 1.63 bits per heavy atom. The topological polar surface area (TPSA) is 87.1 Å². The second-order valence-electron chi connectivity index (χ2n) is 7.51. The van der Waals surface area contributed by atoms with Crippen molar-refractivity contribution in [3.63, 3.8) is 0 Å². The zero-order valence-corrected chi connectivity index (χ0v) is 17.5. The SMILES string of the molecule is Cc1ccc(Nc2cc(C)nc(N3CCN(C(=O)c4cnc(C)cn4)CC3)n2)cc1. The first kappa shape index (κ1) is 19.8. The van der Waals surface area contributed by atoms with Crippen molar-refractivity contribution in [2.45, 2.75) is 20.8 Å². The van der Waals surface area contributed by atoms with Gasteiger partial charge in [-0.25, -0.2) is 9.97 Å². The van der Waals surface area contributed by atoms with Crippen LogP contribution in [0.3, 0.4) is 0 Å². The van der Waals surface area contributed by atoms with Gasteiger partial charge in [0.05, 0.1) is 11.9 Å². The molecule has 8 nitrogen and oxygen atoms in total. The quantitative estimate of drug-likeness (QED) is 0.717. The van der Waals surface area contributed by atoms with Crippen LogP contribution in [0.5, 0.6) is 0 Å². The van der Waals surface area contributed by atoms with E-state index < -0.39 is 0 Å². The summed E-state index contributed by atoms with van der Waals surface area (Å²) < 4.78 is 0. The minimum absolute atomic E-state index is 0.0889. The van der Waals surface area contributed by atoms with Crippen molar-refractivity contribution in [1.82, 2.24) is 24.8 Å². The molecule has 1 saturated heterocycles. The van der Waals surface area contributed by atoms with Crippen molar-refractivity contribution in [2.75, 3.05) is 36.4 Å². The molecule has 8 heteroatoms. The normalized spacial score (nSPS) is 14.0. The summed E-state index contributed by atoms with van der Waals surface area (Å²) in [5, 5.41) is 3.35. The van der Waals surface area contributed by atoms with Gasteiger partial charge in [0.1, 0.15) is 11.5 Å². The van der Waals surface area contributed by atoms with Gasteiger partial charge in [-0.15, -0.1) is 0 Å². The highest BCUT2D eigenvalue weighted by atomic mass is 16.2. The molecule has 0 unspecified atom stereocenters. The van der Waals surface area contributed by atoms with Gasteiger partial charge in [-0.05, 0) is 32.9 Å². The summed E-state index contributed by atoms with van der Waals surface area (Å²) in [6.07, 6.45) is 3.16. The van der Waals surface area contributed by atoms with Crippen LogP contribution in [0.4, 0.5) is 17.5 Å². The number of hydrogen-bond donors (Lipinski definition) is 1. The van der Waals surface area contributed by atoms with Crippen LogP contribution in [-0.2, 0) is 0 Å². The van der Waals surface area contributed by atoms with Crippen LogP contribution >= 0.6 is 0 Å². The molecule has 3 heterocycles. The van der Waals surface area contributed by atoms with Gasteiger partial charge in [-0.1, -0.05) is 17.7 Å². The van der Waals surface area contributed by atoms with Gasteiger partial charge in [-0.2, -0.15) is 4.98 Å². The number of nitrogens with one attached hydrogen (secondary N) is 1. The highest BCUT2D eigenvalue weighted by Gasteiger charge is 2.24. The minimum atomic E-state index is -0.0889. The van der Waals surface area contributed by atoms with Gasteiger partial charge in [0, 0.05) is 49.8 Å². The van der Waals surface area contributed by atoms with Crippen LogP contribution in [0.2, 0.25) is 0 Å². The number of anilines is 3. The first-order chi connectivity index (χ1) is 14.5. The zero-order valence-electron chi connectivity index (χ0n) is 17.5. The van der Waals surface area contributed by atoms with E-state index in [0.29, 0.717) is 37.8 Å². The predicted molar refractivity (Wildman–Crippen MR) is 116 cm³/mol. The third-order valence-corrected chi connectivity index (χ3v) is 5.02. The number of amides is 1. The molecular formula is C22H25N7O. The van der Waals surface area contributed by atoms with Gasteiger partial charge in [-0.3, -0.25) is 9.78 Å². The fraction of sp³-hybridized carbons (Fsp3) is 0.318. The van der Waals surface area contributed by atoms with E-state index in [2.05, 4.69) is 44.2 Å². The Hall–Kier alpha value is -3.55. The summed E-state index contributed by atoms with van der Waals surface area (Å²) in [4.78, 5) is 34.2. The van der Waals surface area contributed by atoms with Gasteiger partial charge >= 0.3 is 0 Å². The van der Waals surface area contributed by atoms with Crippen molar-refractivity contribution in [3.05, 3.63) is 65.4 Å². The van der Waals surface area contributed by atoms with Gasteiger partial charge in [0.15, 0.2) is 0 Å².